The molecule has 138 valence electrons. The van der Waals surface area contributed by atoms with E-state index in [0.717, 1.165) is 52.7 Å². The Morgan fingerprint density at radius 3 is 2.74 bits per heavy atom. The van der Waals surface area contributed by atoms with Gasteiger partial charge in [0.25, 0.3) is 0 Å². The number of thioether (sulfide) groups is 1. The maximum Gasteiger partial charge on any atom is 0.235 e. The van der Waals surface area contributed by atoms with Crippen molar-refractivity contribution < 1.29 is 9.53 Å². The number of amides is 1. The number of anilines is 1. The van der Waals surface area contributed by atoms with E-state index < -0.39 is 0 Å². The summed E-state index contributed by atoms with van der Waals surface area (Å²) in [6, 6.07) is 17.7. The van der Waals surface area contributed by atoms with E-state index in [1.54, 1.807) is 7.11 Å². The third kappa shape index (κ3) is 3.71. The van der Waals surface area contributed by atoms with Gasteiger partial charge in [0, 0.05) is 10.5 Å². The minimum Gasteiger partial charge on any atom is -0.496 e. The molecule has 27 heavy (non-hydrogen) atoms. The Labute approximate surface area is 162 Å². The molecular weight excluding hydrogens is 358 g/mol. The largest absolute Gasteiger partial charge is 0.496 e. The van der Waals surface area contributed by atoms with E-state index in [-0.39, 0.29) is 5.91 Å². The van der Waals surface area contributed by atoms with E-state index in [0.29, 0.717) is 5.75 Å². The van der Waals surface area contributed by atoms with Gasteiger partial charge >= 0.3 is 0 Å². The molecular formula is C21H21N3O2S. The van der Waals surface area contributed by atoms with Gasteiger partial charge in [0.15, 0.2) is 0 Å². The Balaban J connectivity index is 1.53. The summed E-state index contributed by atoms with van der Waals surface area (Å²) in [6.45, 7) is 0. The van der Waals surface area contributed by atoms with Crippen molar-refractivity contribution in [3.05, 3.63) is 65.9 Å². The number of ether oxygens (including phenoxy) is 1. The Bertz CT molecular complexity index is 953. The smallest absolute Gasteiger partial charge is 0.235 e. The van der Waals surface area contributed by atoms with Crippen molar-refractivity contribution in [3.63, 3.8) is 0 Å². The molecule has 1 heterocycles. The predicted octanol–water partition coefficient (Wildman–Crippen LogP) is 4.10. The maximum absolute atomic E-state index is 12.7. The van der Waals surface area contributed by atoms with Gasteiger partial charge in [-0.15, -0.1) is 11.8 Å². The van der Waals surface area contributed by atoms with Crippen molar-refractivity contribution in [3.8, 4) is 11.4 Å². The number of aryl methyl sites for hydroxylation is 1. The van der Waals surface area contributed by atoms with Gasteiger partial charge in [-0.3, -0.25) is 4.79 Å². The topological polar surface area (TPSA) is 56.1 Å². The fourth-order valence-corrected chi connectivity index (χ4v) is 4.15. The molecule has 0 unspecified atom stereocenters. The fraction of sp³-hybridized carbons (Fsp3) is 0.238. The van der Waals surface area contributed by atoms with Crippen LogP contribution in [0.3, 0.4) is 0 Å². The number of aromatic nitrogens is 2. The number of benzene rings is 2. The number of nitrogens with zero attached hydrogens (tertiary/aromatic N) is 2. The van der Waals surface area contributed by atoms with Crippen molar-refractivity contribution in [2.75, 3.05) is 18.2 Å². The van der Waals surface area contributed by atoms with Crippen molar-refractivity contribution in [1.29, 1.82) is 0 Å². The number of fused-ring (bicyclic) bond motifs is 1. The van der Waals surface area contributed by atoms with Gasteiger partial charge in [0.1, 0.15) is 11.6 Å². The van der Waals surface area contributed by atoms with Gasteiger partial charge in [-0.1, -0.05) is 30.3 Å². The minimum absolute atomic E-state index is 0.0438. The first-order valence-corrected chi connectivity index (χ1v) is 9.96. The number of methoxy groups -OCH3 is 1. The lowest BCUT2D eigenvalue weighted by molar-refractivity contribution is -0.113. The molecule has 0 radical (unpaired) electrons. The van der Waals surface area contributed by atoms with E-state index in [2.05, 4.69) is 5.32 Å². The first kappa shape index (κ1) is 17.7. The number of hydrogen-bond acceptors (Lipinski definition) is 4. The zero-order valence-corrected chi connectivity index (χ0v) is 16.0. The minimum atomic E-state index is -0.0438. The molecule has 1 aliphatic carbocycles. The van der Waals surface area contributed by atoms with Crippen molar-refractivity contribution in [2.24, 2.45) is 0 Å². The first-order chi connectivity index (χ1) is 13.3. The lowest BCUT2D eigenvalue weighted by atomic mass is 10.2. The van der Waals surface area contributed by atoms with Crippen LogP contribution in [-0.2, 0) is 17.6 Å². The summed E-state index contributed by atoms with van der Waals surface area (Å²) in [4.78, 5) is 13.6. The highest BCUT2D eigenvalue weighted by Gasteiger charge is 2.24. The summed E-state index contributed by atoms with van der Waals surface area (Å²) in [6.07, 6.45) is 3.01. The molecule has 0 aliphatic heterocycles. The van der Waals surface area contributed by atoms with E-state index in [1.165, 1.54) is 11.8 Å². The van der Waals surface area contributed by atoms with Crippen LogP contribution in [0.1, 0.15) is 17.7 Å². The van der Waals surface area contributed by atoms with Gasteiger partial charge in [-0.2, -0.15) is 5.10 Å². The standard InChI is InChI=1S/C21H21N3O2S/c1-26-18-12-5-6-13-19(18)27-14-20(25)22-21-16-10-7-11-17(16)23-24(21)15-8-3-2-4-9-15/h2-6,8-9,12-13H,7,10-11,14H2,1H3,(H,22,25). The molecule has 1 aliphatic rings. The van der Waals surface area contributed by atoms with Crippen LogP contribution in [0.5, 0.6) is 5.75 Å². The number of para-hydroxylation sites is 2. The summed E-state index contributed by atoms with van der Waals surface area (Å²) in [7, 11) is 1.64. The molecule has 0 atom stereocenters. The molecule has 6 heteroatoms. The highest BCUT2D eigenvalue weighted by molar-refractivity contribution is 8.00. The summed E-state index contributed by atoms with van der Waals surface area (Å²) >= 11 is 1.47. The molecule has 3 aromatic rings. The van der Waals surface area contributed by atoms with Crippen molar-refractivity contribution in [1.82, 2.24) is 9.78 Å². The molecule has 0 fully saturated rings. The molecule has 5 nitrogen and oxygen atoms in total. The summed E-state index contributed by atoms with van der Waals surface area (Å²) in [5.41, 5.74) is 3.21. The number of rotatable bonds is 6. The molecule has 0 saturated heterocycles. The average Bonchev–Trinajstić information content (AvgIpc) is 3.30. The van der Waals surface area contributed by atoms with Crippen LogP contribution in [0.4, 0.5) is 5.82 Å². The highest BCUT2D eigenvalue weighted by Crippen LogP contribution is 2.32. The average molecular weight is 379 g/mol. The second-order valence-electron chi connectivity index (χ2n) is 6.36. The number of carbonyl (C=O) groups is 1. The molecule has 1 N–H and O–H groups in total. The number of carbonyl (C=O) groups excluding carboxylic acids is 1. The maximum atomic E-state index is 12.7. The Morgan fingerprint density at radius 1 is 1.15 bits per heavy atom. The second-order valence-corrected chi connectivity index (χ2v) is 7.38. The molecule has 0 spiro atoms. The van der Waals surface area contributed by atoms with E-state index in [9.17, 15) is 4.79 Å². The summed E-state index contributed by atoms with van der Waals surface area (Å²) < 4.78 is 7.21. The monoisotopic (exact) mass is 379 g/mol. The number of nitrogens with one attached hydrogen (secondary N) is 1. The number of hydrogen-bond donors (Lipinski definition) is 1. The van der Waals surface area contributed by atoms with E-state index >= 15 is 0 Å². The van der Waals surface area contributed by atoms with Crippen LogP contribution in [-0.4, -0.2) is 28.6 Å². The molecule has 0 saturated carbocycles. The van der Waals surface area contributed by atoms with Crippen LogP contribution in [0, 0.1) is 0 Å². The Hall–Kier alpha value is -2.73. The van der Waals surface area contributed by atoms with Crippen molar-refractivity contribution in [2.45, 2.75) is 24.2 Å². The normalized spacial score (nSPS) is 12.6. The lowest BCUT2D eigenvalue weighted by Crippen LogP contribution is -2.18. The van der Waals surface area contributed by atoms with Crippen LogP contribution < -0.4 is 10.1 Å². The van der Waals surface area contributed by atoms with E-state index in [1.807, 2.05) is 59.3 Å². The summed E-state index contributed by atoms with van der Waals surface area (Å²) in [5.74, 6) is 1.86. The molecule has 1 aromatic heterocycles. The van der Waals surface area contributed by atoms with Gasteiger partial charge in [-0.25, -0.2) is 4.68 Å². The summed E-state index contributed by atoms with van der Waals surface area (Å²) in [5, 5.41) is 7.83. The zero-order chi connectivity index (χ0) is 18.6. The molecule has 0 bridgehead atoms. The first-order valence-electron chi connectivity index (χ1n) is 8.98. The highest BCUT2D eigenvalue weighted by atomic mass is 32.2. The van der Waals surface area contributed by atoms with Gasteiger partial charge < -0.3 is 10.1 Å². The zero-order valence-electron chi connectivity index (χ0n) is 15.1. The van der Waals surface area contributed by atoms with E-state index in [4.69, 9.17) is 9.84 Å². The predicted molar refractivity (Wildman–Crippen MR) is 108 cm³/mol. The Kier molecular flexibility index (Phi) is 5.16. The Morgan fingerprint density at radius 2 is 1.93 bits per heavy atom. The van der Waals surface area contributed by atoms with Crippen LogP contribution in [0.25, 0.3) is 5.69 Å². The third-order valence-electron chi connectivity index (χ3n) is 4.59. The molecule has 2 aromatic carbocycles. The van der Waals surface area contributed by atoms with Crippen LogP contribution >= 0.6 is 11.8 Å². The van der Waals surface area contributed by atoms with Crippen molar-refractivity contribution >= 4 is 23.5 Å². The molecule has 1 amide bonds. The fourth-order valence-electron chi connectivity index (χ4n) is 3.33. The molecule has 4 rings (SSSR count). The SMILES string of the molecule is COc1ccccc1SCC(=O)Nc1c2c(nn1-c1ccccc1)CCC2. The second kappa shape index (κ2) is 7.88. The quantitative estimate of drug-likeness (QED) is 0.655. The van der Waals surface area contributed by atoms with Gasteiger partial charge in [0.2, 0.25) is 5.91 Å². The third-order valence-corrected chi connectivity index (χ3v) is 5.65. The van der Waals surface area contributed by atoms with Gasteiger partial charge in [-0.05, 0) is 43.5 Å². The van der Waals surface area contributed by atoms with Crippen LogP contribution in [0.15, 0.2) is 59.5 Å². The van der Waals surface area contributed by atoms with Gasteiger partial charge in [0.05, 0.1) is 24.2 Å². The van der Waals surface area contributed by atoms with Crippen LogP contribution in [0.2, 0.25) is 0 Å². The lowest BCUT2D eigenvalue weighted by Gasteiger charge is -2.11.